The fraction of sp³-hybridized carbons (Fsp3) is 0.333. The Bertz CT molecular complexity index is 585. The Labute approximate surface area is 131 Å². The van der Waals surface area contributed by atoms with Crippen molar-refractivity contribution < 1.29 is 0 Å². The van der Waals surface area contributed by atoms with Crippen LogP contribution in [0.15, 0.2) is 59.5 Å². The third-order valence-corrected chi connectivity index (χ3v) is 4.87. The third-order valence-electron chi connectivity index (χ3n) is 4.09. The second kappa shape index (κ2) is 6.54. The number of anilines is 1. The highest BCUT2D eigenvalue weighted by molar-refractivity contribution is 7.98. The zero-order valence-electron chi connectivity index (χ0n) is 12.6. The predicted octanol–water partition coefficient (Wildman–Crippen LogP) is 3.95. The fourth-order valence-corrected chi connectivity index (χ4v) is 3.63. The molecular formula is C18H22N2S. The standard InChI is InChI=1S/C18H22N2S/c1-14-13-20(16-10-6-7-11-18(16)21-2)17(12-19-14)15-8-4-3-5-9-15/h3-11,14,17,19H,12-13H2,1-2H3. The number of nitrogens with zero attached hydrogens (tertiary/aromatic N) is 1. The molecule has 2 aromatic rings. The lowest BCUT2D eigenvalue weighted by Gasteiger charge is -2.42. The topological polar surface area (TPSA) is 15.3 Å². The molecule has 1 N–H and O–H groups in total. The zero-order chi connectivity index (χ0) is 14.7. The number of nitrogens with one attached hydrogen (secondary N) is 1. The predicted molar refractivity (Wildman–Crippen MR) is 92.2 cm³/mol. The van der Waals surface area contributed by atoms with Gasteiger partial charge in [-0.25, -0.2) is 0 Å². The van der Waals surface area contributed by atoms with Gasteiger partial charge in [0.25, 0.3) is 0 Å². The van der Waals surface area contributed by atoms with E-state index in [9.17, 15) is 0 Å². The van der Waals surface area contributed by atoms with Crippen molar-refractivity contribution in [1.29, 1.82) is 0 Å². The number of rotatable bonds is 3. The van der Waals surface area contributed by atoms with Gasteiger partial charge in [0.05, 0.1) is 11.7 Å². The second-order valence-electron chi connectivity index (χ2n) is 5.56. The summed E-state index contributed by atoms with van der Waals surface area (Å²) in [5.41, 5.74) is 2.74. The summed E-state index contributed by atoms with van der Waals surface area (Å²) in [6.45, 7) is 4.29. The highest BCUT2D eigenvalue weighted by atomic mass is 32.2. The Morgan fingerprint density at radius 3 is 2.52 bits per heavy atom. The maximum atomic E-state index is 3.62. The van der Waals surface area contributed by atoms with E-state index >= 15 is 0 Å². The van der Waals surface area contributed by atoms with Gasteiger partial charge in [-0.2, -0.15) is 0 Å². The van der Waals surface area contributed by atoms with E-state index in [1.807, 2.05) is 11.8 Å². The maximum absolute atomic E-state index is 3.62. The molecule has 1 heterocycles. The molecule has 2 unspecified atom stereocenters. The van der Waals surface area contributed by atoms with Gasteiger partial charge in [0, 0.05) is 24.0 Å². The van der Waals surface area contributed by atoms with Gasteiger partial charge in [-0.3, -0.25) is 0 Å². The Morgan fingerprint density at radius 1 is 1.05 bits per heavy atom. The first kappa shape index (κ1) is 14.5. The molecule has 2 atom stereocenters. The first-order valence-electron chi connectivity index (χ1n) is 7.47. The van der Waals surface area contributed by atoms with Crippen molar-refractivity contribution in [2.45, 2.75) is 23.9 Å². The van der Waals surface area contributed by atoms with E-state index in [0.29, 0.717) is 12.1 Å². The second-order valence-corrected chi connectivity index (χ2v) is 6.41. The van der Waals surface area contributed by atoms with Crippen molar-refractivity contribution in [1.82, 2.24) is 5.32 Å². The summed E-state index contributed by atoms with van der Waals surface area (Å²) < 4.78 is 0. The highest BCUT2D eigenvalue weighted by Gasteiger charge is 2.28. The maximum Gasteiger partial charge on any atom is 0.0668 e. The Hall–Kier alpha value is -1.45. The minimum Gasteiger partial charge on any atom is -0.361 e. The van der Waals surface area contributed by atoms with E-state index in [4.69, 9.17) is 0 Å². The van der Waals surface area contributed by atoms with Crippen LogP contribution in [0.1, 0.15) is 18.5 Å². The van der Waals surface area contributed by atoms with Gasteiger partial charge in [-0.15, -0.1) is 11.8 Å². The summed E-state index contributed by atoms with van der Waals surface area (Å²) in [5, 5.41) is 3.62. The number of para-hydroxylation sites is 1. The van der Waals surface area contributed by atoms with E-state index < -0.39 is 0 Å². The first-order valence-corrected chi connectivity index (χ1v) is 8.70. The molecule has 1 aliphatic rings. The number of hydrogen-bond donors (Lipinski definition) is 1. The number of benzene rings is 2. The Kier molecular flexibility index (Phi) is 4.51. The molecule has 3 rings (SSSR count). The van der Waals surface area contributed by atoms with Gasteiger partial charge >= 0.3 is 0 Å². The molecule has 0 spiro atoms. The summed E-state index contributed by atoms with van der Waals surface area (Å²) in [4.78, 5) is 3.91. The summed E-state index contributed by atoms with van der Waals surface area (Å²) in [6.07, 6.45) is 2.15. The van der Waals surface area contributed by atoms with Gasteiger partial charge in [0.2, 0.25) is 0 Å². The summed E-state index contributed by atoms with van der Waals surface area (Å²) in [5.74, 6) is 0. The van der Waals surface area contributed by atoms with Crippen LogP contribution < -0.4 is 10.2 Å². The minimum absolute atomic E-state index is 0.399. The number of hydrogen-bond acceptors (Lipinski definition) is 3. The molecular weight excluding hydrogens is 276 g/mol. The van der Waals surface area contributed by atoms with E-state index in [1.165, 1.54) is 16.1 Å². The van der Waals surface area contributed by atoms with E-state index in [0.717, 1.165) is 13.1 Å². The van der Waals surface area contributed by atoms with Gasteiger partial charge in [-0.05, 0) is 30.9 Å². The van der Waals surface area contributed by atoms with Gasteiger partial charge in [0.15, 0.2) is 0 Å². The van der Waals surface area contributed by atoms with Crippen LogP contribution in [0.5, 0.6) is 0 Å². The summed E-state index contributed by atoms with van der Waals surface area (Å²) in [6, 6.07) is 20.5. The van der Waals surface area contributed by atoms with Crippen LogP contribution in [0.4, 0.5) is 5.69 Å². The number of piperazine rings is 1. The van der Waals surface area contributed by atoms with Crippen molar-refractivity contribution in [2.75, 3.05) is 24.2 Å². The summed E-state index contributed by atoms with van der Waals surface area (Å²) >= 11 is 1.83. The Balaban J connectivity index is 1.99. The van der Waals surface area contributed by atoms with Crippen LogP contribution in [0.25, 0.3) is 0 Å². The van der Waals surface area contributed by atoms with Crippen LogP contribution in [0, 0.1) is 0 Å². The van der Waals surface area contributed by atoms with Crippen LogP contribution in [0.3, 0.4) is 0 Å². The first-order chi connectivity index (χ1) is 10.3. The molecule has 0 amide bonds. The average molecular weight is 298 g/mol. The molecule has 21 heavy (non-hydrogen) atoms. The molecule has 2 aromatic carbocycles. The minimum atomic E-state index is 0.399. The lowest BCUT2D eigenvalue weighted by molar-refractivity contribution is 0.415. The van der Waals surface area contributed by atoms with Crippen LogP contribution in [-0.4, -0.2) is 25.4 Å². The van der Waals surface area contributed by atoms with Gasteiger partial charge in [0.1, 0.15) is 0 Å². The number of thioether (sulfide) groups is 1. The van der Waals surface area contributed by atoms with Crippen molar-refractivity contribution >= 4 is 17.4 Å². The monoisotopic (exact) mass is 298 g/mol. The van der Waals surface area contributed by atoms with Gasteiger partial charge < -0.3 is 10.2 Å². The fourth-order valence-electron chi connectivity index (χ4n) is 3.02. The molecule has 0 bridgehead atoms. The molecule has 110 valence electrons. The molecule has 0 saturated carbocycles. The van der Waals surface area contributed by atoms with Crippen molar-refractivity contribution in [3.63, 3.8) is 0 Å². The van der Waals surface area contributed by atoms with E-state index in [1.54, 1.807) is 0 Å². The molecule has 3 heteroatoms. The SMILES string of the molecule is CSc1ccccc1N1CC(C)NCC1c1ccccc1. The van der Waals surface area contributed by atoms with Crippen LogP contribution in [0.2, 0.25) is 0 Å². The van der Waals surface area contributed by atoms with E-state index in [2.05, 4.69) is 78.0 Å². The molecule has 0 aromatic heterocycles. The quantitative estimate of drug-likeness (QED) is 0.864. The smallest absolute Gasteiger partial charge is 0.0668 e. The largest absolute Gasteiger partial charge is 0.361 e. The molecule has 0 radical (unpaired) electrons. The van der Waals surface area contributed by atoms with Gasteiger partial charge in [-0.1, -0.05) is 42.5 Å². The van der Waals surface area contributed by atoms with Crippen LogP contribution >= 0.6 is 11.8 Å². The highest BCUT2D eigenvalue weighted by Crippen LogP contribution is 2.35. The molecule has 1 fully saturated rings. The normalized spacial score (nSPS) is 22.3. The summed E-state index contributed by atoms with van der Waals surface area (Å²) in [7, 11) is 0. The average Bonchev–Trinajstić information content (AvgIpc) is 2.55. The molecule has 1 saturated heterocycles. The molecule has 1 aliphatic heterocycles. The Morgan fingerprint density at radius 2 is 1.76 bits per heavy atom. The molecule has 2 nitrogen and oxygen atoms in total. The van der Waals surface area contributed by atoms with E-state index in [-0.39, 0.29) is 0 Å². The zero-order valence-corrected chi connectivity index (χ0v) is 13.4. The van der Waals surface area contributed by atoms with Crippen molar-refractivity contribution in [3.8, 4) is 0 Å². The lowest BCUT2D eigenvalue weighted by atomic mass is 10.0. The lowest BCUT2D eigenvalue weighted by Crippen LogP contribution is -2.51. The molecule has 0 aliphatic carbocycles. The van der Waals surface area contributed by atoms with Crippen molar-refractivity contribution in [3.05, 3.63) is 60.2 Å². The third kappa shape index (κ3) is 3.09. The van der Waals surface area contributed by atoms with Crippen molar-refractivity contribution in [2.24, 2.45) is 0 Å². The van der Waals surface area contributed by atoms with Crippen LogP contribution in [-0.2, 0) is 0 Å².